The number of alkyl halides is 3. The van der Waals surface area contributed by atoms with Gasteiger partial charge in [-0.3, -0.25) is 9.69 Å². The van der Waals surface area contributed by atoms with Crippen molar-refractivity contribution in [2.24, 2.45) is 0 Å². The Morgan fingerprint density at radius 1 is 0.927 bits per heavy atom. The number of carbonyl (C=O) groups excluding carboxylic acids is 2. The maximum Gasteiger partial charge on any atom is 0.573 e. The summed E-state index contributed by atoms with van der Waals surface area (Å²) in [6.45, 7) is 8.71. The van der Waals surface area contributed by atoms with Crippen LogP contribution >= 0.6 is 0 Å². The first-order valence-electron chi connectivity index (χ1n) is 13.2. The summed E-state index contributed by atoms with van der Waals surface area (Å²) in [5.74, 6) is -2.19. The molecule has 3 aromatic rings. The van der Waals surface area contributed by atoms with Gasteiger partial charge in [0.1, 0.15) is 5.75 Å². The first-order valence-corrected chi connectivity index (χ1v) is 13.2. The van der Waals surface area contributed by atoms with E-state index < -0.39 is 18.2 Å². The first-order chi connectivity index (χ1) is 19.4. The van der Waals surface area contributed by atoms with E-state index in [0.29, 0.717) is 43.1 Å². The Labute approximate surface area is 237 Å². The van der Waals surface area contributed by atoms with Gasteiger partial charge in [0.15, 0.2) is 0 Å². The van der Waals surface area contributed by atoms with Crippen molar-refractivity contribution in [3.63, 3.8) is 0 Å². The number of ether oxygens (including phenoxy) is 3. The fourth-order valence-electron chi connectivity index (χ4n) is 4.61. The van der Waals surface area contributed by atoms with Gasteiger partial charge < -0.3 is 19.1 Å². The third-order valence-electron chi connectivity index (χ3n) is 6.81. The summed E-state index contributed by atoms with van der Waals surface area (Å²) in [6, 6.07) is 18.7. The van der Waals surface area contributed by atoms with E-state index in [4.69, 9.17) is 9.47 Å². The van der Waals surface area contributed by atoms with Crippen LogP contribution in [0.2, 0.25) is 0 Å². The van der Waals surface area contributed by atoms with Crippen LogP contribution in [0.15, 0.2) is 66.7 Å². The van der Waals surface area contributed by atoms with Crippen molar-refractivity contribution in [1.82, 2.24) is 0 Å². The number of benzene rings is 3. The highest BCUT2D eigenvalue weighted by Gasteiger charge is 2.31. The molecule has 41 heavy (non-hydrogen) atoms. The smallest absolute Gasteiger partial charge is 0.462 e. The van der Waals surface area contributed by atoms with Crippen LogP contribution in [0.1, 0.15) is 31.9 Å². The monoisotopic (exact) mass is 570 g/mol. The van der Waals surface area contributed by atoms with Crippen LogP contribution in [-0.2, 0) is 31.0 Å². The predicted molar refractivity (Wildman–Crippen MR) is 150 cm³/mol. The summed E-state index contributed by atoms with van der Waals surface area (Å²) in [4.78, 5) is 29.1. The van der Waals surface area contributed by atoms with E-state index in [9.17, 15) is 22.8 Å². The van der Waals surface area contributed by atoms with E-state index in [1.54, 1.807) is 12.1 Å². The number of esters is 1. The molecule has 0 spiro atoms. The number of halogens is 3. The number of morpholine rings is 1. The Balaban J connectivity index is 1.76. The molecule has 1 amide bonds. The number of nitrogens with zero attached hydrogens (tertiary/aromatic N) is 2. The fraction of sp³-hybridized carbons (Fsp3) is 0.355. The van der Waals surface area contributed by atoms with Crippen molar-refractivity contribution in [3.05, 3.63) is 77.9 Å². The molecule has 218 valence electrons. The van der Waals surface area contributed by atoms with E-state index in [-0.39, 0.29) is 17.7 Å². The number of amides is 1. The van der Waals surface area contributed by atoms with Gasteiger partial charge >= 0.3 is 18.2 Å². The van der Waals surface area contributed by atoms with E-state index in [1.807, 2.05) is 30.3 Å². The molecule has 1 fully saturated rings. The number of rotatable bonds is 6. The summed E-state index contributed by atoms with van der Waals surface area (Å²) in [6.07, 6.45) is -4.81. The molecular formula is C31H33F3N2O5. The van der Waals surface area contributed by atoms with Gasteiger partial charge in [-0.2, -0.15) is 0 Å². The minimum Gasteiger partial charge on any atom is -0.462 e. The zero-order valence-electron chi connectivity index (χ0n) is 23.5. The summed E-state index contributed by atoms with van der Waals surface area (Å²) < 4.78 is 52.4. The predicted octanol–water partition coefficient (Wildman–Crippen LogP) is 6.09. The molecule has 10 heteroatoms. The van der Waals surface area contributed by atoms with Crippen LogP contribution in [0, 0.1) is 0 Å². The average Bonchev–Trinajstić information content (AvgIpc) is 2.94. The molecule has 0 atom stereocenters. The van der Waals surface area contributed by atoms with E-state index >= 15 is 0 Å². The van der Waals surface area contributed by atoms with Crippen LogP contribution in [0.4, 0.5) is 24.5 Å². The number of hydrogen-bond donors (Lipinski definition) is 0. The van der Waals surface area contributed by atoms with Gasteiger partial charge in [0.25, 0.3) is 0 Å². The third-order valence-corrected chi connectivity index (χ3v) is 6.81. The van der Waals surface area contributed by atoms with Crippen LogP contribution in [0.3, 0.4) is 0 Å². The fourth-order valence-corrected chi connectivity index (χ4v) is 4.61. The molecule has 4 rings (SSSR count). The Morgan fingerprint density at radius 2 is 1.56 bits per heavy atom. The second-order valence-corrected chi connectivity index (χ2v) is 10.7. The lowest BCUT2D eigenvalue weighted by Crippen LogP contribution is -2.38. The number of carbonyl (C=O) groups is 2. The first kappa shape index (κ1) is 29.9. The topological polar surface area (TPSA) is 68.3 Å². The van der Waals surface area contributed by atoms with E-state index in [2.05, 4.69) is 30.4 Å². The molecule has 7 nitrogen and oxygen atoms in total. The highest BCUT2D eigenvalue weighted by Crippen LogP contribution is 2.37. The zero-order valence-corrected chi connectivity index (χ0v) is 23.5. The van der Waals surface area contributed by atoms with E-state index in [1.165, 1.54) is 29.2 Å². The molecule has 0 aliphatic carbocycles. The summed E-state index contributed by atoms with van der Waals surface area (Å²) >= 11 is 0. The zero-order chi connectivity index (χ0) is 29.8. The number of methoxy groups -OCH3 is 1. The lowest BCUT2D eigenvalue weighted by atomic mass is 9.87. The molecule has 0 radical (unpaired) electrons. The van der Waals surface area contributed by atoms with Crippen molar-refractivity contribution in [3.8, 4) is 16.9 Å². The highest BCUT2D eigenvalue weighted by atomic mass is 19.4. The molecule has 0 unspecified atom stereocenters. The largest absolute Gasteiger partial charge is 0.573 e. The Hall–Kier alpha value is -4.05. The van der Waals surface area contributed by atoms with Gasteiger partial charge in [-0.05, 0) is 52.4 Å². The lowest BCUT2D eigenvalue weighted by molar-refractivity contribution is -0.274. The summed E-state index contributed by atoms with van der Waals surface area (Å²) in [5.41, 5.74) is 4.43. The Kier molecular flexibility index (Phi) is 8.92. The molecule has 1 heterocycles. The normalized spacial score (nSPS) is 14.0. The second kappa shape index (κ2) is 12.2. The third kappa shape index (κ3) is 7.58. The molecule has 1 aliphatic rings. The molecule has 0 saturated carbocycles. The molecule has 1 aliphatic heterocycles. The molecule has 1 saturated heterocycles. The lowest BCUT2D eigenvalue weighted by Gasteiger charge is -2.32. The van der Waals surface area contributed by atoms with Gasteiger partial charge in [0, 0.05) is 30.0 Å². The standard InChI is InChI=1S/C31H33F3N2O5/c1-30(2,3)23-9-5-21(6-10-23)20-36(28(37)29(38)39-4)24-11-14-27(35-15-17-40-18-16-35)26(19-24)22-7-12-25(13-8-22)41-31(32,33)34/h5-14,19H,15-18,20H2,1-4H3. The quantitative estimate of drug-likeness (QED) is 0.264. The van der Waals surface area contributed by atoms with Crippen LogP contribution in [-0.4, -0.2) is 51.7 Å². The van der Waals surface area contributed by atoms with Gasteiger partial charge in [-0.25, -0.2) is 4.79 Å². The highest BCUT2D eigenvalue weighted by molar-refractivity contribution is 6.38. The summed E-state index contributed by atoms with van der Waals surface area (Å²) in [5, 5.41) is 0. The molecule has 0 N–H and O–H groups in total. The molecule has 3 aromatic carbocycles. The van der Waals surface area contributed by atoms with Crippen LogP contribution in [0.5, 0.6) is 5.75 Å². The van der Waals surface area contributed by atoms with Crippen molar-refractivity contribution in [2.75, 3.05) is 43.2 Å². The summed E-state index contributed by atoms with van der Waals surface area (Å²) in [7, 11) is 1.15. The minimum absolute atomic E-state index is 0.0506. The molecule has 0 aromatic heterocycles. The van der Waals surface area contributed by atoms with Crippen molar-refractivity contribution >= 4 is 23.3 Å². The minimum atomic E-state index is -4.81. The Morgan fingerprint density at radius 3 is 2.12 bits per heavy atom. The Bertz CT molecular complexity index is 1360. The van der Waals surface area contributed by atoms with Gasteiger partial charge in [0.2, 0.25) is 0 Å². The van der Waals surface area contributed by atoms with E-state index in [0.717, 1.165) is 23.9 Å². The van der Waals surface area contributed by atoms with Gasteiger partial charge in [0.05, 0.1) is 26.9 Å². The maximum absolute atomic E-state index is 13.2. The number of anilines is 2. The van der Waals surface area contributed by atoms with Crippen molar-refractivity contribution < 1.29 is 37.0 Å². The number of hydrogen-bond acceptors (Lipinski definition) is 6. The molecule has 0 bridgehead atoms. The van der Waals surface area contributed by atoms with Crippen molar-refractivity contribution in [1.29, 1.82) is 0 Å². The maximum atomic E-state index is 13.2. The van der Waals surface area contributed by atoms with Crippen molar-refractivity contribution in [2.45, 2.75) is 39.1 Å². The molecular weight excluding hydrogens is 537 g/mol. The average molecular weight is 571 g/mol. The van der Waals surface area contributed by atoms with Gasteiger partial charge in [-0.1, -0.05) is 57.2 Å². The van der Waals surface area contributed by atoms with Gasteiger partial charge in [-0.15, -0.1) is 13.2 Å². The second-order valence-electron chi connectivity index (χ2n) is 10.7. The van der Waals surface area contributed by atoms with Crippen LogP contribution in [0.25, 0.3) is 11.1 Å². The SMILES string of the molecule is COC(=O)C(=O)N(Cc1ccc(C(C)(C)C)cc1)c1ccc(N2CCOCC2)c(-c2ccc(OC(F)(F)F)cc2)c1. The van der Waals surface area contributed by atoms with Crippen LogP contribution < -0.4 is 14.5 Å².